The third-order valence-electron chi connectivity index (χ3n) is 3.19. The molecule has 1 aromatic heterocycles. The van der Waals surface area contributed by atoms with Gasteiger partial charge in [0.15, 0.2) is 0 Å². The Kier molecular flexibility index (Phi) is 1.94. The lowest BCUT2D eigenvalue weighted by Gasteiger charge is -2.03. The summed E-state index contributed by atoms with van der Waals surface area (Å²) in [6.45, 7) is 2.09. The van der Waals surface area contributed by atoms with E-state index in [9.17, 15) is 5.11 Å². The van der Waals surface area contributed by atoms with E-state index in [4.69, 9.17) is 0 Å². The average molecular weight is 266 g/mol. The first-order valence-corrected chi connectivity index (χ1v) is 5.95. The number of aliphatic hydroxyl groups is 1. The largest absolute Gasteiger partial charge is 0.388 e. The van der Waals surface area contributed by atoms with Crippen molar-refractivity contribution in [3.05, 3.63) is 33.4 Å². The van der Waals surface area contributed by atoms with Gasteiger partial charge in [-0.25, -0.2) is 0 Å². The number of aryl methyl sites for hydroxylation is 2. The second-order valence-electron chi connectivity index (χ2n) is 4.22. The van der Waals surface area contributed by atoms with Crippen LogP contribution in [-0.2, 0) is 6.42 Å². The smallest absolute Gasteiger partial charge is 0.0817 e. The minimum atomic E-state index is -0.289. The van der Waals surface area contributed by atoms with E-state index in [1.54, 1.807) is 0 Å². The zero-order valence-electron chi connectivity index (χ0n) is 8.47. The molecule has 0 bridgehead atoms. The molecule has 1 heterocycles. The molecule has 78 valence electrons. The summed E-state index contributed by atoms with van der Waals surface area (Å²) in [4.78, 5) is 3.42. The van der Waals surface area contributed by atoms with E-state index in [-0.39, 0.29) is 6.10 Å². The Morgan fingerprint density at radius 1 is 1.47 bits per heavy atom. The molecular formula is C12H12BrNO. The maximum absolute atomic E-state index is 9.91. The predicted octanol–water partition coefficient (Wildman–Crippen LogP) is 3.22. The van der Waals surface area contributed by atoms with Gasteiger partial charge >= 0.3 is 0 Å². The number of aliphatic hydroxyl groups excluding tert-OH is 1. The molecule has 3 heteroatoms. The molecule has 0 aliphatic heterocycles. The topological polar surface area (TPSA) is 36.0 Å². The summed E-state index contributed by atoms with van der Waals surface area (Å²) in [5, 5.41) is 11.1. The molecule has 0 fully saturated rings. The Labute approximate surface area is 96.4 Å². The van der Waals surface area contributed by atoms with Crippen LogP contribution in [-0.4, -0.2) is 10.1 Å². The molecule has 0 radical (unpaired) electrons. The summed E-state index contributed by atoms with van der Waals surface area (Å²) >= 11 is 3.50. The Morgan fingerprint density at radius 3 is 3.07 bits per heavy atom. The van der Waals surface area contributed by atoms with Crippen molar-refractivity contribution in [1.29, 1.82) is 0 Å². The fourth-order valence-electron chi connectivity index (χ4n) is 2.51. The highest BCUT2D eigenvalue weighted by Crippen LogP contribution is 2.38. The number of fused-ring (bicyclic) bond motifs is 3. The van der Waals surface area contributed by atoms with Gasteiger partial charge in [-0.05, 0) is 37.5 Å². The average Bonchev–Trinajstić information content (AvgIpc) is 2.68. The fourth-order valence-corrected chi connectivity index (χ4v) is 3.08. The third-order valence-corrected chi connectivity index (χ3v) is 3.65. The summed E-state index contributed by atoms with van der Waals surface area (Å²) < 4.78 is 1.08. The van der Waals surface area contributed by atoms with E-state index < -0.39 is 0 Å². The standard InChI is InChI=1S/C12H12BrNO/c1-6-4-7(13)5-8-11-9(14-12(6)8)2-3-10(11)15/h4-5,10,14-15H,2-3H2,1H3. The van der Waals surface area contributed by atoms with Gasteiger partial charge in [-0.15, -0.1) is 0 Å². The minimum Gasteiger partial charge on any atom is -0.388 e. The summed E-state index contributed by atoms with van der Waals surface area (Å²) in [5.41, 5.74) is 4.70. The van der Waals surface area contributed by atoms with E-state index in [2.05, 4.69) is 40.0 Å². The molecule has 0 saturated heterocycles. The number of aromatic nitrogens is 1. The first-order chi connectivity index (χ1) is 7.16. The van der Waals surface area contributed by atoms with Crippen LogP contribution < -0.4 is 0 Å². The number of halogens is 1. The zero-order chi connectivity index (χ0) is 10.6. The van der Waals surface area contributed by atoms with Crippen LogP contribution in [0.5, 0.6) is 0 Å². The summed E-state index contributed by atoms with van der Waals surface area (Å²) in [6, 6.07) is 4.19. The van der Waals surface area contributed by atoms with Crippen LogP contribution in [0.2, 0.25) is 0 Å². The zero-order valence-corrected chi connectivity index (χ0v) is 10.1. The summed E-state index contributed by atoms with van der Waals surface area (Å²) in [5.74, 6) is 0. The molecule has 1 aliphatic rings. The molecule has 2 nitrogen and oxygen atoms in total. The van der Waals surface area contributed by atoms with Crippen LogP contribution in [0.4, 0.5) is 0 Å². The van der Waals surface area contributed by atoms with Gasteiger partial charge in [0.05, 0.1) is 6.10 Å². The molecule has 1 aliphatic carbocycles. The van der Waals surface area contributed by atoms with E-state index in [1.165, 1.54) is 22.2 Å². The lowest BCUT2D eigenvalue weighted by Crippen LogP contribution is -1.89. The van der Waals surface area contributed by atoms with Gasteiger partial charge in [0, 0.05) is 26.6 Å². The summed E-state index contributed by atoms with van der Waals surface area (Å²) in [7, 11) is 0. The highest BCUT2D eigenvalue weighted by molar-refractivity contribution is 9.10. The highest BCUT2D eigenvalue weighted by atomic mass is 79.9. The molecule has 0 amide bonds. The second kappa shape index (κ2) is 3.09. The number of hydrogen-bond acceptors (Lipinski definition) is 1. The number of nitrogens with one attached hydrogen (secondary N) is 1. The van der Waals surface area contributed by atoms with Crippen LogP contribution in [0.1, 0.15) is 29.3 Å². The maximum Gasteiger partial charge on any atom is 0.0817 e. The Bertz CT molecular complexity index is 544. The fraction of sp³-hybridized carbons (Fsp3) is 0.333. The van der Waals surface area contributed by atoms with E-state index >= 15 is 0 Å². The van der Waals surface area contributed by atoms with Gasteiger partial charge < -0.3 is 10.1 Å². The van der Waals surface area contributed by atoms with Crippen LogP contribution in [0, 0.1) is 6.92 Å². The van der Waals surface area contributed by atoms with Crippen LogP contribution in [0.25, 0.3) is 10.9 Å². The van der Waals surface area contributed by atoms with Crippen molar-refractivity contribution >= 4 is 26.8 Å². The molecule has 0 spiro atoms. The van der Waals surface area contributed by atoms with Crippen LogP contribution in [0.3, 0.4) is 0 Å². The quantitative estimate of drug-likeness (QED) is 0.754. The van der Waals surface area contributed by atoms with Crippen molar-refractivity contribution in [2.45, 2.75) is 25.9 Å². The Balaban J connectivity index is 2.41. The van der Waals surface area contributed by atoms with Gasteiger partial charge in [-0.3, -0.25) is 0 Å². The lowest BCUT2D eigenvalue weighted by atomic mass is 10.1. The molecule has 1 atom stereocenters. The molecular weight excluding hydrogens is 254 g/mol. The van der Waals surface area contributed by atoms with Crippen molar-refractivity contribution in [2.24, 2.45) is 0 Å². The number of hydrogen-bond donors (Lipinski definition) is 2. The molecule has 1 aromatic carbocycles. The molecule has 2 aromatic rings. The molecule has 0 saturated carbocycles. The normalized spacial score (nSPS) is 19.8. The SMILES string of the molecule is Cc1cc(Br)cc2c3c([nH]c12)CCC3O. The molecule has 1 unspecified atom stereocenters. The number of benzene rings is 1. The van der Waals surface area contributed by atoms with Crippen LogP contribution >= 0.6 is 15.9 Å². The van der Waals surface area contributed by atoms with Gasteiger partial charge in [0.2, 0.25) is 0 Å². The van der Waals surface area contributed by atoms with Crippen molar-refractivity contribution < 1.29 is 5.11 Å². The third kappa shape index (κ3) is 1.26. The predicted molar refractivity (Wildman–Crippen MR) is 64.0 cm³/mol. The van der Waals surface area contributed by atoms with Crippen molar-refractivity contribution in [3.63, 3.8) is 0 Å². The van der Waals surface area contributed by atoms with Gasteiger partial charge in [0.1, 0.15) is 0 Å². The lowest BCUT2D eigenvalue weighted by molar-refractivity contribution is 0.181. The number of rotatable bonds is 0. The monoisotopic (exact) mass is 265 g/mol. The van der Waals surface area contributed by atoms with Gasteiger partial charge in [-0.2, -0.15) is 0 Å². The molecule has 15 heavy (non-hydrogen) atoms. The number of H-pyrrole nitrogens is 1. The van der Waals surface area contributed by atoms with Crippen molar-refractivity contribution in [3.8, 4) is 0 Å². The minimum absolute atomic E-state index is 0.289. The van der Waals surface area contributed by atoms with Gasteiger partial charge in [-0.1, -0.05) is 15.9 Å². The van der Waals surface area contributed by atoms with Crippen molar-refractivity contribution in [2.75, 3.05) is 0 Å². The van der Waals surface area contributed by atoms with E-state index in [1.807, 2.05) is 0 Å². The molecule has 3 rings (SSSR count). The first-order valence-electron chi connectivity index (χ1n) is 5.15. The van der Waals surface area contributed by atoms with Gasteiger partial charge in [0.25, 0.3) is 0 Å². The molecule has 2 N–H and O–H groups in total. The highest BCUT2D eigenvalue weighted by Gasteiger charge is 2.25. The van der Waals surface area contributed by atoms with Crippen LogP contribution in [0.15, 0.2) is 16.6 Å². The number of aromatic amines is 1. The Hall–Kier alpha value is -0.800. The van der Waals surface area contributed by atoms with E-state index in [0.29, 0.717) is 0 Å². The summed E-state index contributed by atoms with van der Waals surface area (Å²) in [6.07, 6.45) is 1.52. The maximum atomic E-state index is 9.91. The first kappa shape index (κ1) is 9.43. The van der Waals surface area contributed by atoms with E-state index in [0.717, 1.165) is 22.9 Å². The Morgan fingerprint density at radius 2 is 2.27 bits per heavy atom. The van der Waals surface area contributed by atoms with Crippen molar-refractivity contribution in [1.82, 2.24) is 4.98 Å². The second-order valence-corrected chi connectivity index (χ2v) is 5.13.